The Bertz CT molecular complexity index is 485. The zero-order chi connectivity index (χ0) is 13.4. The van der Waals surface area contributed by atoms with Crippen molar-refractivity contribution >= 4 is 11.4 Å². The van der Waals surface area contributed by atoms with Crippen molar-refractivity contribution in [3.05, 3.63) is 23.8 Å². The van der Waals surface area contributed by atoms with Gasteiger partial charge in [0, 0.05) is 43.6 Å². The molecule has 20 heavy (non-hydrogen) atoms. The van der Waals surface area contributed by atoms with Crippen LogP contribution in [-0.2, 0) is 6.42 Å². The molecule has 0 aromatic heterocycles. The van der Waals surface area contributed by atoms with Crippen molar-refractivity contribution in [3.8, 4) is 0 Å². The third-order valence-electron chi connectivity index (χ3n) is 5.20. The molecular weight excluding hydrogens is 246 g/mol. The van der Waals surface area contributed by atoms with Crippen molar-refractivity contribution in [2.45, 2.75) is 38.1 Å². The van der Waals surface area contributed by atoms with Crippen molar-refractivity contribution < 1.29 is 0 Å². The minimum Gasteiger partial charge on any atom is -0.385 e. The van der Waals surface area contributed by atoms with Crippen molar-refractivity contribution in [2.24, 2.45) is 0 Å². The molecule has 1 atom stereocenters. The Kier molecular flexibility index (Phi) is 3.31. The molecule has 2 saturated heterocycles. The van der Waals surface area contributed by atoms with E-state index < -0.39 is 0 Å². The highest BCUT2D eigenvalue weighted by atomic mass is 15.3. The average Bonchev–Trinajstić information content (AvgIpc) is 2.84. The normalized spacial score (nSPS) is 26.6. The molecular formula is C17H25N3. The average molecular weight is 271 g/mol. The molecule has 0 bridgehead atoms. The van der Waals surface area contributed by atoms with Gasteiger partial charge >= 0.3 is 0 Å². The summed E-state index contributed by atoms with van der Waals surface area (Å²) < 4.78 is 0. The van der Waals surface area contributed by atoms with Gasteiger partial charge in [0.1, 0.15) is 0 Å². The highest BCUT2D eigenvalue weighted by Crippen LogP contribution is 2.30. The van der Waals surface area contributed by atoms with E-state index in [2.05, 4.69) is 33.3 Å². The maximum atomic E-state index is 3.57. The summed E-state index contributed by atoms with van der Waals surface area (Å²) in [5, 5.41) is 3.57. The van der Waals surface area contributed by atoms with Gasteiger partial charge in [0.2, 0.25) is 0 Å². The number of nitrogens with zero attached hydrogens (tertiary/aromatic N) is 2. The number of fused-ring (bicyclic) bond motifs is 2. The first-order valence-corrected chi connectivity index (χ1v) is 8.26. The van der Waals surface area contributed by atoms with Crippen molar-refractivity contribution in [2.75, 3.05) is 42.9 Å². The highest BCUT2D eigenvalue weighted by molar-refractivity contribution is 5.63. The van der Waals surface area contributed by atoms with Gasteiger partial charge in [0.05, 0.1) is 0 Å². The summed E-state index contributed by atoms with van der Waals surface area (Å²) in [5.41, 5.74) is 4.30. The fourth-order valence-electron chi connectivity index (χ4n) is 4.09. The quantitative estimate of drug-likeness (QED) is 0.847. The van der Waals surface area contributed by atoms with Crippen molar-refractivity contribution in [3.63, 3.8) is 0 Å². The van der Waals surface area contributed by atoms with Crippen molar-refractivity contribution in [1.29, 1.82) is 0 Å². The van der Waals surface area contributed by atoms with Crippen molar-refractivity contribution in [1.82, 2.24) is 4.90 Å². The van der Waals surface area contributed by atoms with Crippen LogP contribution in [0.15, 0.2) is 18.2 Å². The first-order chi connectivity index (χ1) is 9.90. The molecule has 1 N–H and O–H groups in total. The zero-order valence-corrected chi connectivity index (χ0v) is 12.3. The third-order valence-corrected chi connectivity index (χ3v) is 5.20. The van der Waals surface area contributed by atoms with E-state index in [0.29, 0.717) is 0 Å². The Hall–Kier alpha value is -1.22. The maximum absolute atomic E-state index is 3.57. The van der Waals surface area contributed by atoms with E-state index in [9.17, 15) is 0 Å². The Morgan fingerprint density at radius 1 is 1.05 bits per heavy atom. The smallest absolute Gasteiger partial charge is 0.0393 e. The molecule has 0 amide bonds. The van der Waals surface area contributed by atoms with E-state index in [-0.39, 0.29) is 0 Å². The second-order valence-corrected chi connectivity index (χ2v) is 6.50. The van der Waals surface area contributed by atoms with Gasteiger partial charge in [-0.1, -0.05) is 6.07 Å². The van der Waals surface area contributed by atoms with E-state index in [1.54, 1.807) is 0 Å². The lowest BCUT2D eigenvalue weighted by atomic mass is 10.0. The predicted molar refractivity (Wildman–Crippen MR) is 84.7 cm³/mol. The monoisotopic (exact) mass is 271 g/mol. The molecule has 3 nitrogen and oxygen atoms in total. The van der Waals surface area contributed by atoms with E-state index in [1.165, 1.54) is 75.2 Å². The fourth-order valence-corrected chi connectivity index (χ4v) is 4.09. The number of rotatable bonds is 1. The van der Waals surface area contributed by atoms with Gasteiger partial charge < -0.3 is 10.2 Å². The molecule has 3 aliphatic rings. The summed E-state index contributed by atoms with van der Waals surface area (Å²) >= 11 is 0. The third kappa shape index (κ3) is 2.28. The molecule has 0 radical (unpaired) electrons. The summed E-state index contributed by atoms with van der Waals surface area (Å²) in [6, 6.07) is 7.87. The van der Waals surface area contributed by atoms with E-state index in [4.69, 9.17) is 0 Å². The van der Waals surface area contributed by atoms with E-state index >= 15 is 0 Å². The maximum Gasteiger partial charge on any atom is 0.0393 e. The second kappa shape index (κ2) is 5.28. The van der Waals surface area contributed by atoms with Crippen LogP contribution in [0, 0.1) is 0 Å². The Morgan fingerprint density at radius 3 is 3.00 bits per heavy atom. The van der Waals surface area contributed by atoms with Gasteiger partial charge in [-0.15, -0.1) is 0 Å². The second-order valence-electron chi connectivity index (χ2n) is 6.50. The molecule has 108 valence electrons. The Morgan fingerprint density at radius 2 is 2.00 bits per heavy atom. The fraction of sp³-hybridized carbons (Fsp3) is 0.647. The van der Waals surface area contributed by atoms with Crippen LogP contribution in [0.25, 0.3) is 0 Å². The molecule has 0 aliphatic carbocycles. The standard InChI is InChI=1S/C17H25N3/c1-4-14-6-7-15(12-17(14)18-8-1)20-11-3-10-19-9-2-5-16(19)13-20/h6-7,12,16,18H,1-5,8-11,13H2. The van der Waals surface area contributed by atoms with Crippen LogP contribution in [0.5, 0.6) is 0 Å². The first kappa shape index (κ1) is 12.5. The van der Waals surface area contributed by atoms with Gasteiger partial charge in [-0.2, -0.15) is 0 Å². The largest absolute Gasteiger partial charge is 0.385 e. The SMILES string of the molecule is c1cc2c(cc1N1CCCN3CCCC3C1)NCCC2. The van der Waals surface area contributed by atoms with Gasteiger partial charge in [0.25, 0.3) is 0 Å². The number of hydrogen-bond donors (Lipinski definition) is 1. The topological polar surface area (TPSA) is 18.5 Å². The highest BCUT2D eigenvalue weighted by Gasteiger charge is 2.28. The lowest BCUT2D eigenvalue weighted by molar-refractivity contribution is 0.273. The van der Waals surface area contributed by atoms with Crippen LogP contribution >= 0.6 is 0 Å². The van der Waals surface area contributed by atoms with Crippen LogP contribution in [0.4, 0.5) is 11.4 Å². The van der Waals surface area contributed by atoms with Crippen LogP contribution in [0.2, 0.25) is 0 Å². The van der Waals surface area contributed by atoms with E-state index in [1.807, 2.05) is 0 Å². The summed E-state index contributed by atoms with van der Waals surface area (Å²) in [4.78, 5) is 5.32. The predicted octanol–water partition coefficient (Wildman–Crippen LogP) is 2.72. The summed E-state index contributed by atoms with van der Waals surface area (Å²) in [7, 11) is 0. The summed E-state index contributed by atoms with van der Waals surface area (Å²) in [6.07, 6.45) is 6.59. The minimum absolute atomic E-state index is 0.793. The molecule has 1 aromatic carbocycles. The Balaban J connectivity index is 1.56. The molecule has 0 saturated carbocycles. The molecule has 1 aromatic rings. The zero-order valence-electron chi connectivity index (χ0n) is 12.3. The molecule has 4 rings (SSSR count). The molecule has 2 fully saturated rings. The molecule has 3 heterocycles. The molecule has 3 heteroatoms. The lowest BCUT2D eigenvalue weighted by Gasteiger charge is -2.29. The number of benzene rings is 1. The van der Waals surface area contributed by atoms with Crippen LogP contribution < -0.4 is 10.2 Å². The molecule has 3 aliphatic heterocycles. The van der Waals surface area contributed by atoms with Crippen LogP contribution in [0.1, 0.15) is 31.2 Å². The number of anilines is 2. The Labute approximate surface area is 121 Å². The lowest BCUT2D eigenvalue weighted by Crippen LogP contribution is -2.36. The number of aryl methyl sites for hydroxylation is 1. The summed E-state index contributed by atoms with van der Waals surface area (Å²) in [5.74, 6) is 0. The minimum atomic E-state index is 0.793. The molecule has 0 spiro atoms. The number of hydrogen-bond acceptors (Lipinski definition) is 3. The van der Waals surface area contributed by atoms with E-state index in [0.717, 1.165) is 12.6 Å². The van der Waals surface area contributed by atoms with Gasteiger partial charge in [-0.05, 0) is 56.3 Å². The van der Waals surface area contributed by atoms with Crippen LogP contribution in [-0.4, -0.2) is 43.7 Å². The van der Waals surface area contributed by atoms with Gasteiger partial charge in [-0.3, -0.25) is 4.90 Å². The first-order valence-electron chi connectivity index (χ1n) is 8.26. The number of nitrogens with one attached hydrogen (secondary N) is 1. The molecule has 1 unspecified atom stereocenters. The summed E-state index contributed by atoms with van der Waals surface area (Å²) in [6.45, 7) is 6.19. The van der Waals surface area contributed by atoms with Gasteiger partial charge in [-0.25, -0.2) is 0 Å². The van der Waals surface area contributed by atoms with Gasteiger partial charge in [0.15, 0.2) is 0 Å². The van der Waals surface area contributed by atoms with Crippen LogP contribution in [0.3, 0.4) is 0 Å².